The Bertz CT molecular complexity index is 371. The number of aromatic nitrogens is 2. The van der Waals surface area contributed by atoms with Crippen LogP contribution in [-0.2, 0) is 7.05 Å². The van der Waals surface area contributed by atoms with Crippen LogP contribution in [0.15, 0.2) is 6.20 Å². The van der Waals surface area contributed by atoms with Gasteiger partial charge in [0.2, 0.25) is 0 Å². The van der Waals surface area contributed by atoms with E-state index >= 15 is 0 Å². The van der Waals surface area contributed by atoms with E-state index in [1.807, 2.05) is 14.0 Å². The quantitative estimate of drug-likeness (QED) is 0.588. The Morgan fingerprint density at radius 2 is 2.31 bits per heavy atom. The second-order valence-corrected chi connectivity index (χ2v) is 3.58. The van der Waals surface area contributed by atoms with E-state index in [2.05, 4.69) is 16.9 Å². The molecule has 1 heterocycles. The summed E-state index contributed by atoms with van der Waals surface area (Å²) in [5.74, 6) is 5.83. The molecule has 1 N–H and O–H groups in total. The molecule has 1 aliphatic carbocycles. The first-order valence-corrected chi connectivity index (χ1v) is 4.35. The van der Waals surface area contributed by atoms with Crippen LogP contribution in [0.2, 0.25) is 0 Å². The van der Waals surface area contributed by atoms with Crippen LogP contribution in [0.3, 0.4) is 0 Å². The van der Waals surface area contributed by atoms with Gasteiger partial charge in [0.25, 0.3) is 0 Å². The minimum atomic E-state index is -0.698. The molecule has 1 fully saturated rings. The maximum Gasteiger partial charge on any atom is 0.126 e. The van der Waals surface area contributed by atoms with Crippen LogP contribution in [0.1, 0.15) is 24.1 Å². The fourth-order valence-electron chi connectivity index (χ4n) is 1.15. The molecule has 3 heteroatoms. The molecular weight excluding hydrogens is 164 g/mol. The minimum Gasteiger partial charge on any atom is -0.378 e. The Kier molecular flexibility index (Phi) is 1.67. The van der Waals surface area contributed by atoms with Crippen molar-refractivity contribution in [2.24, 2.45) is 7.05 Å². The molecule has 0 aliphatic heterocycles. The number of nitrogens with zero attached hydrogens (tertiary/aromatic N) is 2. The molecule has 1 aromatic rings. The zero-order valence-electron chi connectivity index (χ0n) is 7.83. The second-order valence-electron chi connectivity index (χ2n) is 3.58. The number of rotatable bonds is 0. The van der Waals surface area contributed by atoms with Gasteiger partial charge in [-0.15, -0.1) is 0 Å². The third kappa shape index (κ3) is 1.58. The summed E-state index contributed by atoms with van der Waals surface area (Å²) in [6, 6.07) is 0. The highest BCUT2D eigenvalue weighted by Gasteiger charge is 2.38. The predicted octanol–water partition coefficient (Wildman–Crippen LogP) is 0.605. The van der Waals surface area contributed by atoms with Gasteiger partial charge in [-0.25, -0.2) is 0 Å². The largest absolute Gasteiger partial charge is 0.378 e. The average Bonchev–Trinajstić information content (AvgIpc) is 2.72. The van der Waals surface area contributed by atoms with Crippen LogP contribution in [0, 0.1) is 18.8 Å². The van der Waals surface area contributed by atoms with Gasteiger partial charge in [-0.1, -0.05) is 5.92 Å². The van der Waals surface area contributed by atoms with E-state index in [4.69, 9.17) is 0 Å². The van der Waals surface area contributed by atoms with Crippen LogP contribution in [0.5, 0.6) is 0 Å². The van der Waals surface area contributed by atoms with Gasteiger partial charge in [0.1, 0.15) is 11.3 Å². The Balaban J connectivity index is 2.29. The van der Waals surface area contributed by atoms with Crippen molar-refractivity contribution < 1.29 is 5.11 Å². The Hall–Kier alpha value is -1.27. The standard InChI is InChI=1S/C10H12N2O/c1-8-7-11-12(2)9(8)3-4-10(13)5-6-10/h7,13H,5-6H2,1-2H3. The van der Waals surface area contributed by atoms with E-state index in [0.29, 0.717) is 0 Å². The summed E-state index contributed by atoms with van der Waals surface area (Å²) in [6.45, 7) is 1.97. The van der Waals surface area contributed by atoms with Crippen molar-refractivity contribution in [2.75, 3.05) is 0 Å². The van der Waals surface area contributed by atoms with Crippen LogP contribution >= 0.6 is 0 Å². The lowest BCUT2D eigenvalue weighted by atomic mass is 10.2. The molecule has 1 saturated carbocycles. The Morgan fingerprint density at radius 3 is 2.77 bits per heavy atom. The first-order valence-electron chi connectivity index (χ1n) is 4.35. The van der Waals surface area contributed by atoms with Gasteiger partial charge < -0.3 is 5.11 Å². The molecule has 1 aromatic heterocycles. The molecular formula is C10H12N2O. The maximum absolute atomic E-state index is 9.51. The predicted molar refractivity (Wildman–Crippen MR) is 49.0 cm³/mol. The van der Waals surface area contributed by atoms with Gasteiger partial charge in [-0.2, -0.15) is 5.10 Å². The molecule has 3 nitrogen and oxygen atoms in total. The van der Waals surface area contributed by atoms with Crippen molar-refractivity contribution in [1.82, 2.24) is 9.78 Å². The van der Waals surface area contributed by atoms with Gasteiger partial charge in [-0.05, 0) is 25.7 Å². The summed E-state index contributed by atoms with van der Waals surface area (Å²) in [5.41, 5.74) is 1.25. The van der Waals surface area contributed by atoms with Gasteiger partial charge in [0, 0.05) is 12.6 Å². The Morgan fingerprint density at radius 1 is 1.62 bits per heavy atom. The van der Waals surface area contributed by atoms with E-state index in [0.717, 1.165) is 24.1 Å². The van der Waals surface area contributed by atoms with E-state index in [-0.39, 0.29) is 0 Å². The normalized spacial score (nSPS) is 17.8. The molecule has 1 aliphatic rings. The number of aryl methyl sites for hydroxylation is 2. The summed E-state index contributed by atoms with van der Waals surface area (Å²) >= 11 is 0. The zero-order valence-corrected chi connectivity index (χ0v) is 7.83. The SMILES string of the molecule is Cc1cnn(C)c1C#CC1(O)CC1. The summed E-state index contributed by atoms with van der Waals surface area (Å²) < 4.78 is 1.73. The van der Waals surface area contributed by atoms with Crippen molar-refractivity contribution in [3.8, 4) is 11.8 Å². The third-order valence-corrected chi connectivity index (χ3v) is 2.26. The molecule has 0 unspecified atom stereocenters. The summed E-state index contributed by atoms with van der Waals surface area (Å²) in [6.07, 6.45) is 3.38. The molecule has 0 radical (unpaired) electrons. The number of hydrogen-bond acceptors (Lipinski definition) is 2. The van der Waals surface area contributed by atoms with Crippen LogP contribution < -0.4 is 0 Å². The zero-order chi connectivity index (χ0) is 9.47. The van der Waals surface area contributed by atoms with Gasteiger partial charge >= 0.3 is 0 Å². The van der Waals surface area contributed by atoms with Gasteiger partial charge in [0.05, 0.1) is 6.20 Å². The van der Waals surface area contributed by atoms with E-state index in [1.54, 1.807) is 10.9 Å². The monoisotopic (exact) mass is 176 g/mol. The highest BCUT2D eigenvalue weighted by atomic mass is 16.3. The summed E-state index contributed by atoms with van der Waals surface area (Å²) in [5, 5.41) is 13.6. The lowest BCUT2D eigenvalue weighted by Gasteiger charge is -1.95. The fraction of sp³-hybridized carbons (Fsp3) is 0.500. The van der Waals surface area contributed by atoms with Crippen LogP contribution in [0.25, 0.3) is 0 Å². The molecule has 0 amide bonds. The molecule has 0 bridgehead atoms. The molecule has 13 heavy (non-hydrogen) atoms. The van der Waals surface area contributed by atoms with E-state index < -0.39 is 5.60 Å². The molecule has 68 valence electrons. The third-order valence-electron chi connectivity index (χ3n) is 2.26. The molecule has 0 saturated heterocycles. The first-order chi connectivity index (χ1) is 6.11. The number of aliphatic hydroxyl groups is 1. The van der Waals surface area contributed by atoms with Crippen molar-refractivity contribution in [2.45, 2.75) is 25.4 Å². The van der Waals surface area contributed by atoms with Crippen molar-refractivity contribution >= 4 is 0 Å². The number of hydrogen-bond donors (Lipinski definition) is 1. The van der Waals surface area contributed by atoms with Crippen molar-refractivity contribution in [1.29, 1.82) is 0 Å². The van der Waals surface area contributed by atoms with E-state index in [1.165, 1.54) is 0 Å². The van der Waals surface area contributed by atoms with Gasteiger partial charge in [0.15, 0.2) is 0 Å². The van der Waals surface area contributed by atoms with Crippen molar-refractivity contribution in [3.05, 3.63) is 17.5 Å². The Labute approximate surface area is 77.4 Å². The maximum atomic E-state index is 9.51. The van der Waals surface area contributed by atoms with Crippen LogP contribution in [-0.4, -0.2) is 20.5 Å². The lowest BCUT2D eigenvalue weighted by Crippen LogP contribution is -2.02. The van der Waals surface area contributed by atoms with Crippen LogP contribution in [0.4, 0.5) is 0 Å². The van der Waals surface area contributed by atoms with Gasteiger partial charge in [-0.3, -0.25) is 4.68 Å². The second kappa shape index (κ2) is 2.61. The first kappa shape index (κ1) is 8.33. The highest BCUT2D eigenvalue weighted by Crippen LogP contribution is 2.33. The highest BCUT2D eigenvalue weighted by molar-refractivity contribution is 5.37. The lowest BCUT2D eigenvalue weighted by molar-refractivity contribution is 0.212. The fourth-order valence-corrected chi connectivity index (χ4v) is 1.15. The average molecular weight is 176 g/mol. The van der Waals surface area contributed by atoms with E-state index in [9.17, 15) is 5.11 Å². The topological polar surface area (TPSA) is 38.0 Å². The molecule has 0 aromatic carbocycles. The smallest absolute Gasteiger partial charge is 0.126 e. The molecule has 0 spiro atoms. The molecule has 2 rings (SSSR count). The summed E-state index contributed by atoms with van der Waals surface area (Å²) in [4.78, 5) is 0. The summed E-state index contributed by atoms with van der Waals surface area (Å²) in [7, 11) is 1.86. The molecule has 0 atom stereocenters. The van der Waals surface area contributed by atoms with Crippen molar-refractivity contribution in [3.63, 3.8) is 0 Å². The minimum absolute atomic E-state index is 0.698.